The van der Waals surface area contributed by atoms with Gasteiger partial charge in [-0.1, -0.05) is 24.3 Å². The number of nitrogens with zero attached hydrogens (tertiary/aromatic N) is 5. The van der Waals surface area contributed by atoms with Crippen LogP contribution in [0.15, 0.2) is 54.6 Å². The Morgan fingerprint density at radius 1 is 1.12 bits per heavy atom. The summed E-state index contributed by atoms with van der Waals surface area (Å²) in [6.45, 7) is 5.53. The minimum atomic E-state index is -0.166. The molecule has 1 aliphatic heterocycles. The average molecular weight is 551 g/mol. The second kappa shape index (κ2) is 11.6. The molecule has 0 bridgehead atoms. The van der Waals surface area contributed by atoms with Crippen LogP contribution in [0, 0.1) is 18.3 Å². The zero-order valence-corrected chi connectivity index (χ0v) is 23.2. The Bertz CT molecular complexity index is 1570. The van der Waals surface area contributed by atoms with E-state index in [2.05, 4.69) is 21.3 Å². The molecular formula is C31H30N6O2S. The predicted octanol–water partition coefficient (Wildman–Crippen LogP) is 4.81. The molecule has 2 aliphatic rings. The summed E-state index contributed by atoms with van der Waals surface area (Å²) in [5, 5.41) is 12.8. The number of amides is 1. The number of fused-ring (bicyclic) bond motifs is 1. The third-order valence-electron chi connectivity index (χ3n) is 7.46. The topological polar surface area (TPSA) is 104 Å². The van der Waals surface area contributed by atoms with Crippen LogP contribution in [0.5, 0.6) is 0 Å². The summed E-state index contributed by atoms with van der Waals surface area (Å²) >= 11 is 1.60. The summed E-state index contributed by atoms with van der Waals surface area (Å²) in [5.74, 6) is 0.514. The molecule has 1 saturated heterocycles. The van der Waals surface area contributed by atoms with Gasteiger partial charge in [0.05, 0.1) is 36.2 Å². The average Bonchev–Trinajstić information content (AvgIpc) is 3.39. The Labute approximate surface area is 237 Å². The van der Waals surface area contributed by atoms with E-state index in [-0.39, 0.29) is 5.91 Å². The van der Waals surface area contributed by atoms with Gasteiger partial charge >= 0.3 is 0 Å². The van der Waals surface area contributed by atoms with Crippen LogP contribution in [0.4, 0.5) is 5.13 Å². The van der Waals surface area contributed by atoms with Crippen molar-refractivity contribution in [2.45, 2.75) is 38.6 Å². The van der Waals surface area contributed by atoms with Gasteiger partial charge < -0.3 is 4.74 Å². The van der Waals surface area contributed by atoms with Crippen LogP contribution >= 0.6 is 11.3 Å². The third kappa shape index (κ3) is 5.94. The molecule has 1 fully saturated rings. The molecule has 1 atom stereocenters. The van der Waals surface area contributed by atoms with Crippen molar-refractivity contribution in [2.75, 3.05) is 31.6 Å². The smallest absolute Gasteiger partial charge is 0.257 e. The van der Waals surface area contributed by atoms with E-state index >= 15 is 0 Å². The highest BCUT2D eigenvalue weighted by atomic mass is 32.1. The molecule has 202 valence electrons. The van der Waals surface area contributed by atoms with E-state index in [9.17, 15) is 4.79 Å². The maximum atomic E-state index is 13.2. The second-order valence-electron chi connectivity index (χ2n) is 10.3. The molecule has 8 nitrogen and oxygen atoms in total. The number of aromatic nitrogens is 3. The van der Waals surface area contributed by atoms with E-state index in [1.807, 2.05) is 49.4 Å². The molecule has 4 aromatic rings. The number of carbonyl (C=O) groups excluding carboxylic acids is 1. The van der Waals surface area contributed by atoms with Gasteiger partial charge in [0, 0.05) is 47.3 Å². The van der Waals surface area contributed by atoms with Gasteiger partial charge in [-0.25, -0.2) is 15.0 Å². The maximum absolute atomic E-state index is 13.2. The summed E-state index contributed by atoms with van der Waals surface area (Å²) in [5.41, 5.74) is 5.87. The zero-order valence-electron chi connectivity index (χ0n) is 22.4. The van der Waals surface area contributed by atoms with E-state index < -0.39 is 0 Å². The Morgan fingerprint density at radius 3 is 2.75 bits per heavy atom. The number of ether oxygens (including phenoxy) is 1. The highest BCUT2D eigenvalue weighted by molar-refractivity contribution is 7.15. The number of rotatable bonds is 6. The van der Waals surface area contributed by atoms with Crippen molar-refractivity contribution in [1.82, 2.24) is 19.9 Å². The number of hydrogen-bond donors (Lipinski definition) is 1. The normalized spacial score (nSPS) is 17.1. The minimum Gasteiger partial charge on any atom is -0.379 e. The van der Waals surface area contributed by atoms with E-state index in [1.165, 1.54) is 4.88 Å². The number of thiazole rings is 1. The van der Waals surface area contributed by atoms with Crippen molar-refractivity contribution in [3.05, 3.63) is 93.4 Å². The van der Waals surface area contributed by atoms with Crippen LogP contribution in [0.25, 0.3) is 11.3 Å². The second-order valence-corrected chi connectivity index (χ2v) is 11.3. The van der Waals surface area contributed by atoms with Crippen molar-refractivity contribution in [1.29, 1.82) is 5.26 Å². The van der Waals surface area contributed by atoms with Gasteiger partial charge in [0.15, 0.2) is 5.13 Å². The maximum Gasteiger partial charge on any atom is 0.257 e. The number of aryl methyl sites for hydroxylation is 2. The van der Waals surface area contributed by atoms with Crippen LogP contribution in [0.2, 0.25) is 0 Å². The molecule has 0 saturated carbocycles. The first-order valence-electron chi connectivity index (χ1n) is 13.6. The number of anilines is 1. The van der Waals surface area contributed by atoms with Gasteiger partial charge in [0.1, 0.15) is 5.82 Å². The monoisotopic (exact) mass is 550 g/mol. The highest BCUT2D eigenvalue weighted by Gasteiger charge is 2.28. The minimum absolute atomic E-state index is 0.166. The molecular weight excluding hydrogens is 520 g/mol. The van der Waals surface area contributed by atoms with Crippen LogP contribution in [-0.2, 0) is 24.0 Å². The van der Waals surface area contributed by atoms with Crippen molar-refractivity contribution in [2.24, 2.45) is 0 Å². The van der Waals surface area contributed by atoms with E-state index in [0.29, 0.717) is 34.5 Å². The van der Waals surface area contributed by atoms with E-state index in [1.54, 1.807) is 23.5 Å². The van der Waals surface area contributed by atoms with E-state index in [0.717, 1.165) is 73.8 Å². The van der Waals surface area contributed by atoms with Gasteiger partial charge in [0.2, 0.25) is 0 Å². The summed E-state index contributed by atoms with van der Waals surface area (Å²) in [4.78, 5) is 31.1. The van der Waals surface area contributed by atoms with Gasteiger partial charge in [0.25, 0.3) is 5.91 Å². The first-order chi connectivity index (χ1) is 19.5. The summed E-state index contributed by atoms with van der Waals surface area (Å²) in [7, 11) is 0. The van der Waals surface area contributed by atoms with Crippen LogP contribution in [0.1, 0.15) is 50.0 Å². The van der Waals surface area contributed by atoms with Crippen LogP contribution in [-0.4, -0.2) is 58.1 Å². The molecule has 6 rings (SSSR count). The molecule has 0 spiro atoms. The van der Waals surface area contributed by atoms with Crippen LogP contribution in [0.3, 0.4) is 0 Å². The van der Waals surface area contributed by atoms with Crippen LogP contribution < -0.4 is 5.32 Å². The Morgan fingerprint density at radius 2 is 1.95 bits per heavy atom. The summed E-state index contributed by atoms with van der Waals surface area (Å²) in [6, 6.07) is 19.6. The lowest BCUT2D eigenvalue weighted by Gasteiger charge is -2.36. The van der Waals surface area contributed by atoms with Gasteiger partial charge in [-0.05, 0) is 62.1 Å². The number of benzene rings is 2. The first kappa shape index (κ1) is 26.3. The number of morpholine rings is 1. The van der Waals surface area contributed by atoms with Gasteiger partial charge in [-0.3, -0.25) is 15.0 Å². The van der Waals surface area contributed by atoms with Crippen molar-refractivity contribution in [3.63, 3.8) is 0 Å². The number of carbonyl (C=O) groups is 1. The Hall–Kier alpha value is -3.97. The molecule has 1 amide bonds. The fourth-order valence-corrected chi connectivity index (χ4v) is 6.49. The first-order valence-corrected chi connectivity index (χ1v) is 14.4. The molecule has 0 radical (unpaired) electrons. The number of nitriles is 1. The molecule has 2 aromatic heterocycles. The number of nitrogens with one attached hydrogen (secondary N) is 1. The van der Waals surface area contributed by atoms with E-state index in [4.69, 9.17) is 20.0 Å². The molecule has 3 heterocycles. The summed E-state index contributed by atoms with van der Waals surface area (Å²) < 4.78 is 5.51. The number of hydrogen-bond acceptors (Lipinski definition) is 8. The Balaban J connectivity index is 1.13. The fraction of sp³-hybridized carbons (Fsp3) is 0.323. The van der Waals surface area contributed by atoms with Gasteiger partial charge in [-0.15, -0.1) is 11.3 Å². The Kier molecular flexibility index (Phi) is 7.64. The SMILES string of the molecule is Cc1cc(-c2ccc(C#N)cc2)nc(Cc2cccc(C(=O)Nc3nc4c(s3)CC(N3CCOCC3)CC4)c2)n1. The highest BCUT2D eigenvalue weighted by Crippen LogP contribution is 2.32. The third-order valence-corrected chi connectivity index (χ3v) is 8.49. The standard InChI is InChI=1S/C31H30N6O2S/c1-20-15-27(23-7-5-21(19-32)6-8-23)34-29(33-20)17-22-3-2-4-24(16-22)30(38)36-31-35-26-10-9-25(18-28(26)40-31)37-11-13-39-14-12-37/h2-8,15-16,25H,9-14,17-18H2,1H3,(H,35,36,38). The molecule has 1 unspecified atom stereocenters. The molecule has 9 heteroatoms. The quantitative estimate of drug-likeness (QED) is 0.367. The molecule has 1 aliphatic carbocycles. The van der Waals surface area contributed by atoms with Gasteiger partial charge in [-0.2, -0.15) is 5.26 Å². The van der Waals surface area contributed by atoms with Crippen molar-refractivity contribution >= 4 is 22.4 Å². The summed E-state index contributed by atoms with van der Waals surface area (Å²) in [6.07, 6.45) is 3.53. The van der Waals surface area contributed by atoms with Crippen molar-refractivity contribution in [3.8, 4) is 17.3 Å². The fourth-order valence-electron chi connectivity index (χ4n) is 5.41. The molecule has 1 N–H and O–H groups in total. The largest absolute Gasteiger partial charge is 0.379 e. The zero-order chi connectivity index (χ0) is 27.5. The molecule has 2 aromatic carbocycles. The lowest BCUT2D eigenvalue weighted by Crippen LogP contribution is -2.45. The lowest BCUT2D eigenvalue weighted by atomic mass is 9.96. The van der Waals surface area contributed by atoms with Crippen molar-refractivity contribution < 1.29 is 9.53 Å². The lowest BCUT2D eigenvalue weighted by molar-refractivity contribution is 0.0139. The predicted molar refractivity (Wildman–Crippen MR) is 154 cm³/mol. The molecule has 40 heavy (non-hydrogen) atoms.